The molecule has 0 aliphatic rings. The molecule has 0 saturated carbocycles. The van der Waals surface area contributed by atoms with E-state index in [1.807, 2.05) is 26.0 Å². The number of rotatable bonds is 5. The minimum absolute atomic E-state index is 0.275. The molecule has 3 nitrogen and oxygen atoms in total. The fourth-order valence-corrected chi connectivity index (χ4v) is 2.46. The SMILES string of the molecule is CC[C@@H](Oc1ccc(C)cc1C)C(=O)Nc1ccccc1C(F)(F)F. The number of benzene rings is 2. The predicted molar refractivity (Wildman–Crippen MR) is 90.7 cm³/mol. The standard InChI is InChI=1S/C19H20F3NO2/c1-4-16(25-17-10-9-12(2)11-13(17)3)18(24)23-15-8-6-5-7-14(15)19(20,21)22/h5-11,16H,4H2,1-3H3,(H,23,24)/t16-/m1/s1. The van der Waals surface area contributed by atoms with Crippen LogP contribution in [-0.2, 0) is 11.0 Å². The molecule has 0 saturated heterocycles. The third-order valence-electron chi connectivity index (χ3n) is 3.75. The van der Waals surface area contributed by atoms with Crippen LogP contribution in [-0.4, -0.2) is 12.0 Å². The summed E-state index contributed by atoms with van der Waals surface area (Å²) in [5.74, 6) is -0.0733. The molecule has 0 aromatic heterocycles. The summed E-state index contributed by atoms with van der Waals surface area (Å²) in [6.07, 6.45) is -5.10. The number of halogens is 3. The average Bonchev–Trinajstić information content (AvgIpc) is 2.53. The molecule has 0 unspecified atom stereocenters. The molecule has 25 heavy (non-hydrogen) atoms. The third-order valence-corrected chi connectivity index (χ3v) is 3.75. The van der Waals surface area contributed by atoms with E-state index >= 15 is 0 Å². The summed E-state index contributed by atoms with van der Waals surface area (Å²) in [5.41, 5.74) is 0.760. The quantitative estimate of drug-likeness (QED) is 0.812. The molecule has 6 heteroatoms. The Labute approximate surface area is 144 Å². The third kappa shape index (κ3) is 4.75. The van der Waals surface area contributed by atoms with E-state index in [-0.39, 0.29) is 5.69 Å². The summed E-state index contributed by atoms with van der Waals surface area (Å²) in [5, 5.41) is 2.34. The van der Waals surface area contributed by atoms with E-state index < -0.39 is 23.8 Å². The number of para-hydroxylation sites is 1. The second kappa shape index (κ2) is 7.59. The van der Waals surface area contributed by atoms with Crippen LogP contribution in [0.1, 0.15) is 30.0 Å². The molecular weight excluding hydrogens is 331 g/mol. The topological polar surface area (TPSA) is 38.3 Å². The van der Waals surface area contributed by atoms with E-state index in [0.717, 1.165) is 17.2 Å². The first-order valence-electron chi connectivity index (χ1n) is 7.93. The number of carbonyl (C=O) groups excluding carboxylic acids is 1. The summed E-state index contributed by atoms with van der Waals surface area (Å²) in [7, 11) is 0. The van der Waals surface area contributed by atoms with Crippen molar-refractivity contribution in [2.45, 2.75) is 39.5 Å². The van der Waals surface area contributed by atoms with Crippen molar-refractivity contribution in [3.05, 3.63) is 59.2 Å². The minimum Gasteiger partial charge on any atom is -0.480 e. The monoisotopic (exact) mass is 351 g/mol. The first kappa shape index (κ1) is 18.8. The Hall–Kier alpha value is -2.50. The number of alkyl halides is 3. The van der Waals surface area contributed by atoms with Crippen molar-refractivity contribution in [2.24, 2.45) is 0 Å². The lowest BCUT2D eigenvalue weighted by molar-refractivity contribution is -0.137. The normalized spacial score (nSPS) is 12.6. The van der Waals surface area contributed by atoms with E-state index in [4.69, 9.17) is 4.74 Å². The number of amides is 1. The molecule has 1 atom stereocenters. The van der Waals surface area contributed by atoms with E-state index in [1.165, 1.54) is 18.2 Å². The van der Waals surface area contributed by atoms with Crippen molar-refractivity contribution in [2.75, 3.05) is 5.32 Å². The summed E-state index contributed by atoms with van der Waals surface area (Å²) in [4.78, 5) is 12.4. The van der Waals surface area contributed by atoms with Crippen LogP contribution in [0.4, 0.5) is 18.9 Å². The van der Waals surface area contributed by atoms with Crippen LogP contribution in [0, 0.1) is 13.8 Å². The van der Waals surface area contributed by atoms with Gasteiger partial charge in [-0.1, -0.05) is 36.8 Å². The maximum absolute atomic E-state index is 13.0. The van der Waals surface area contributed by atoms with Gasteiger partial charge < -0.3 is 10.1 Å². The summed E-state index contributed by atoms with van der Waals surface area (Å²) in [6, 6.07) is 10.4. The van der Waals surface area contributed by atoms with Crippen molar-refractivity contribution in [1.29, 1.82) is 0 Å². The van der Waals surface area contributed by atoms with Crippen LogP contribution in [0.5, 0.6) is 5.75 Å². The molecule has 0 radical (unpaired) electrons. The maximum atomic E-state index is 13.0. The molecule has 134 valence electrons. The van der Waals surface area contributed by atoms with Gasteiger partial charge in [0.25, 0.3) is 5.91 Å². The molecule has 0 aliphatic carbocycles. The van der Waals surface area contributed by atoms with Gasteiger partial charge in [0.15, 0.2) is 6.10 Å². The van der Waals surface area contributed by atoms with Crippen molar-refractivity contribution < 1.29 is 22.7 Å². The van der Waals surface area contributed by atoms with Gasteiger partial charge in [0.05, 0.1) is 11.3 Å². The van der Waals surface area contributed by atoms with Gasteiger partial charge >= 0.3 is 6.18 Å². The second-order valence-corrected chi connectivity index (χ2v) is 5.82. The lowest BCUT2D eigenvalue weighted by atomic mass is 10.1. The number of hydrogen-bond acceptors (Lipinski definition) is 2. The zero-order valence-corrected chi connectivity index (χ0v) is 14.3. The highest BCUT2D eigenvalue weighted by Gasteiger charge is 2.34. The molecule has 0 fully saturated rings. The zero-order chi connectivity index (χ0) is 18.6. The van der Waals surface area contributed by atoms with Gasteiger partial charge in [-0.2, -0.15) is 13.2 Å². The molecule has 0 aliphatic heterocycles. The maximum Gasteiger partial charge on any atom is 0.418 e. The van der Waals surface area contributed by atoms with Gasteiger partial charge in [-0.25, -0.2) is 0 Å². The molecule has 1 amide bonds. The number of hydrogen-bond donors (Lipinski definition) is 1. The highest BCUT2D eigenvalue weighted by atomic mass is 19.4. The summed E-state index contributed by atoms with van der Waals surface area (Å²) < 4.78 is 44.8. The van der Waals surface area contributed by atoms with Crippen LogP contribution in [0.2, 0.25) is 0 Å². The van der Waals surface area contributed by atoms with Gasteiger partial charge in [-0.15, -0.1) is 0 Å². The van der Waals surface area contributed by atoms with Gasteiger partial charge in [0.2, 0.25) is 0 Å². The largest absolute Gasteiger partial charge is 0.480 e. The fourth-order valence-electron chi connectivity index (χ4n) is 2.46. The lowest BCUT2D eigenvalue weighted by Gasteiger charge is -2.20. The Morgan fingerprint density at radius 3 is 2.44 bits per heavy atom. The van der Waals surface area contributed by atoms with Crippen molar-refractivity contribution in [3.8, 4) is 5.75 Å². The minimum atomic E-state index is -4.54. The van der Waals surface area contributed by atoms with Crippen molar-refractivity contribution in [3.63, 3.8) is 0 Å². The van der Waals surface area contributed by atoms with Crippen LogP contribution >= 0.6 is 0 Å². The highest BCUT2D eigenvalue weighted by Crippen LogP contribution is 2.34. The molecule has 0 heterocycles. The van der Waals surface area contributed by atoms with Crippen LogP contribution in [0.15, 0.2) is 42.5 Å². The predicted octanol–water partition coefficient (Wildman–Crippen LogP) is 5.12. The fraction of sp³-hybridized carbons (Fsp3) is 0.316. The Kier molecular flexibility index (Phi) is 5.72. The van der Waals surface area contributed by atoms with E-state index in [1.54, 1.807) is 13.0 Å². The summed E-state index contributed by atoms with van der Waals surface area (Å²) in [6.45, 7) is 5.53. The van der Waals surface area contributed by atoms with Crippen molar-refractivity contribution >= 4 is 11.6 Å². The lowest BCUT2D eigenvalue weighted by Crippen LogP contribution is -2.33. The number of nitrogens with one attached hydrogen (secondary N) is 1. The Balaban J connectivity index is 2.18. The molecule has 1 N–H and O–H groups in total. The highest BCUT2D eigenvalue weighted by molar-refractivity contribution is 5.95. The zero-order valence-electron chi connectivity index (χ0n) is 14.3. The molecule has 2 aromatic rings. The first-order valence-corrected chi connectivity index (χ1v) is 7.93. The molecular formula is C19H20F3NO2. The van der Waals surface area contributed by atoms with Gasteiger partial charge in [0, 0.05) is 0 Å². The van der Waals surface area contributed by atoms with Crippen molar-refractivity contribution in [1.82, 2.24) is 0 Å². The Bertz CT molecular complexity index is 757. The van der Waals surface area contributed by atoms with Gasteiger partial charge in [0.1, 0.15) is 5.75 Å². The molecule has 0 bridgehead atoms. The number of anilines is 1. The second-order valence-electron chi connectivity index (χ2n) is 5.82. The smallest absolute Gasteiger partial charge is 0.418 e. The number of carbonyl (C=O) groups is 1. The van der Waals surface area contributed by atoms with E-state index in [9.17, 15) is 18.0 Å². The number of aryl methyl sites for hydroxylation is 2. The Morgan fingerprint density at radius 2 is 1.84 bits per heavy atom. The van der Waals surface area contributed by atoms with Crippen LogP contribution < -0.4 is 10.1 Å². The van der Waals surface area contributed by atoms with E-state index in [0.29, 0.717) is 12.2 Å². The van der Waals surface area contributed by atoms with Crippen LogP contribution in [0.25, 0.3) is 0 Å². The van der Waals surface area contributed by atoms with Gasteiger partial charge in [-0.05, 0) is 44.0 Å². The van der Waals surface area contributed by atoms with Crippen LogP contribution in [0.3, 0.4) is 0 Å². The molecule has 2 rings (SSSR count). The molecule has 0 spiro atoms. The van der Waals surface area contributed by atoms with E-state index in [2.05, 4.69) is 5.32 Å². The average molecular weight is 351 g/mol. The summed E-state index contributed by atoms with van der Waals surface area (Å²) >= 11 is 0. The first-order chi connectivity index (χ1) is 11.7. The molecule has 2 aromatic carbocycles. The Morgan fingerprint density at radius 1 is 1.16 bits per heavy atom. The number of ether oxygens (including phenoxy) is 1. The van der Waals surface area contributed by atoms with Gasteiger partial charge in [-0.3, -0.25) is 4.79 Å².